The molecule has 1 unspecified atom stereocenters. The van der Waals surface area contributed by atoms with E-state index >= 15 is 0 Å². The Morgan fingerprint density at radius 2 is 2.29 bits per heavy atom. The first-order chi connectivity index (χ1) is 6.69. The van der Waals surface area contributed by atoms with E-state index in [9.17, 15) is 4.79 Å². The zero-order chi connectivity index (χ0) is 10.6. The molecule has 0 aliphatic carbocycles. The predicted octanol–water partition coefficient (Wildman–Crippen LogP) is 1.54. The van der Waals surface area contributed by atoms with Crippen molar-refractivity contribution < 1.29 is 14.3 Å². The summed E-state index contributed by atoms with van der Waals surface area (Å²) in [5, 5.41) is 0. The van der Waals surface area contributed by atoms with Crippen molar-refractivity contribution in [2.24, 2.45) is 4.99 Å². The molecule has 2 atom stereocenters. The van der Waals surface area contributed by atoms with Gasteiger partial charge < -0.3 is 9.47 Å². The molecule has 80 valence electrons. The number of hydrogen-bond donors (Lipinski definition) is 0. The van der Waals surface area contributed by atoms with E-state index in [1.165, 1.54) is 0 Å². The van der Waals surface area contributed by atoms with Gasteiger partial charge in [-0.2, -0.15) is 0 Å². The first-order valence-electron chi connectivity index (χ1n) is 5.06. The Balaban J connectivity index is 2.57. The fourth-order valence-electron chi connectivity index (χ4n) is 1.54. The third kappa shape index (κ3) is 2.47. The highest BCUT2D eigenvalue weighted by atomic mass is 16.6. The highest BCUT2D eigenvalue weighted by Crippen LogP contribution is 2.19. The van der Waals surface area contributed by atoms with Gasteiger partial charge in [0.05, 0.1) is 6.61 Å². The van der Waals surface area contributed by atoms with Crippen LogP contribution in [-0.4, -0.2) is 30.6 Å². The summed E-state index contributed by atoms with van der Waals surface area (Å²) < 4.78 is 10.2. The number of aliphatic imine (C=N–C) groups is 1. The molecule has 4 nitrogen and oxygen atoms in total. The van der Waals surface area contributed by atoms with Crippen molar-refractivity contribution in [3.63, 3.8) is 0 Å². The molecule has 4 heteroatoms. The molecule has 0 N–H and O–H groups in total. The fourth-order valence-corrected chi connectivity index (χ4v) is 1.54. The van der Waals surface area contributed by atoms with Gasteiger partial charge in [-0.05, 0) is 13.3 Å². The number of esters is 1. The summed E-state index contributed by atoms with van der Waals surface area (Å²) in [6.45, 7) is 6.00. The lowest BCUT2D eigenvalue weighted by molar-refractivity contribution is -0.152. The number of hydrogen-bond acceptors (Lipinski definition) is 4. The SMILES string of the molecule is CCCC1N=C(C)O[C@@H]1C(=O)OCC. The molecule has 0 amide bonds. The normalized spacial score (nSPS) is 25.5. The van der Waals surface area contributed by atoms with Crippen molar-refractivity contribution in [3.8, 4) is 0 Å². The maximum absolute atomic E-state index is 11.5. The van der Waals surface area contributed by atoms with Gasteiger partial charge in [0.25, 0.3) is 0 Å². The Kier molecular flexibility index (Phi) is 3.92. The van der Waals surface area contributed by atoms with Crippen molar-refractivity contribution in [1.29, 1.82) is 0 Å². The maximum Gasteiger partial charge on any atom is 0.349 e. The average Bonchev–Trinajstić information content (AvgIpc) is 2.48. The van der Waals surface area contributed by atoms with Gasteiger partial charge in [0, 0.05) is 6.92 Å². The second-order valence-electron chi connectivity index (χ2n) is 3.29. The van der Waals surface area contributed by atoms with Gasteiger partial charge in [-0.25, -0.2) is 9.79 Å². The molecular formula is C10H17NO3. The van der Waals surface area contributed by atoms with E-state index in [1.807, 2.05) is 0 Å². The topological polar surface area (TPSA) is 47.9 Å². The second kappa shape index (κ2) is 4.98. The lowest BCUT2D eigenvalue weighted by atomic mass is 10.1. The van der Waals surface area contributed by atoms with Crippen LogP contribution in [0, 0.1) is 0 Å². The van der Waals surface area contributed by atoms with Gasteiger partial charge in [-0.1, -0.05) is 13.3 Å². The highest BCUT2D eigenvalue weighted by molar-refractivity contribution is 5.84. The minimum absolute atomic E-state index is 0.0564. The van der Waals surface area contributed by atoms with Crippen molar-refractivity contribution in [1.82, 2.24) is 0 Å². The van der Waals surface area contributed by atoms with Crippen molar-refractivity contribution in [2.75, 3.05) is 6.61 Å². The van der Waals surface area contributed by atoms with Crippen molar-refractivity contribution in [3.05, 3.63) is 0 Å². The minimum atomic E-state index is -0.519. The third-order valence-electron chi connectivity index (χ3n) is 2.10. The number of carbonyl (C=O) groups excluding carboxylic acids is 1. The molecule has 1 aliphatic rings. The number of nitrogens with zero attached hydrogens (tertiary/aromatic N) is 1. The Morgan fingerprint density at radius 3 is 2.86 bits per heavy atom. The zero-order valence-corrected chi connectivity index (χ0v) is 8.95. The van der Waals surface area contributed by atoms with Crippen LogP contribution in [0.1, 0.15) is 33.6 Å². The van der Waals surface area contributed by atoms with E-state index < -0.39 is 6.10 Å². The molecular weight excluding hydrogens is 182 g/mol. The molecule has 0 aromatic carbocycles. The summed E-state index contributed by atoms with van der Waals surface area (Å²) in [4.78, 5) is 15.7. The Bertz CT molecular complexity index is 238. The van der Waals surface area contributed by atoms with Gasteiger partial charge >= 0.3 is 5.97 Å². The molecule has 0 saturated carbocycles. The summed E-state index contributed by atoms with van der Waals surface area (Å²) in [5.41, 5.74) is 0. The summed E-state index contributed by atoms with van der Waals surface area (Å²) in [5.74, 6) is 0.285. The smallest absolute Gasteiger partial charge is 0.349 e. The van der Waals surface area contributed by atoms with Crippen LogP contribution in [-0.2, 0) is 14.3 Å². The molecule has 1 rings (SSSR count). The van der Waals surface area contributed by atoms with Crippen LogP contribution in [0.5, 0.6) is 0 Å². The van der Waals surface area contributed by atoms with E-state index in [1.54, 1.807) is 13.8 Å². The second-order valence-corrected chi connectivity index (χ2v) is 3.29. The standard InChI is InChI=1S/C10H17NO3/c1-4-6-8-9(10(12)13-5-2)14-7(3)11-8/h8-9H,4-6H2,1-3H3/t8?,9-/m0/s1. The summed E-state index contributed by atoms with van der Waals surface area (Å²) in [6, 6.07) is -0.0564. The van der Waals surface area contributed by atoms with E-state index in [4.69, 9.17) is 9.47 Å². The summed E-state index contributed by atoms with van der Waals surface area (Å²) >= 11 is 0. The van der Waals surface area contributed by atoms with Crippen LogP contribution >= 0.6 is 0 Å². The third-order valence-corrected chi connectivity index (χ3v) is 2.10. The molecule has 0 saturated heterocycles. The van der Waals surface area contributed by atoms with Crippen LogP contribution in [0.3, 0.4) is 0 Å². The van der Waals surface area contributed by atoms with Crippen LogP contribution in [0.2, 0.25) is 0 Å². The van der Waals surface area contributed by atoms with Crippen LogP contribution in [0.25, 0.3) is 0 Å². The van der Waals surface area contributed by atoms with E-state index in [-0.39, 0.29) is 12.0 Å². The zero-order valence-electron chi connectivity index (χ0n) is 8.95. The van der Waals surface area contributed by atoms with Crippen LogP contribution < -0.4 is 0 Å². The lowest BCUT2D eigenvalue weighted by Crippen LogP contribution is -2.33. The molecule has 14 heavy (non-hydrogen) atoms. The molecule has 1 aliphatic heterocycles. The number of rotatable bonds is 4. The molecule has 0 aromatic heterocycles. The fraction of sp³-hybridized carbons (Fsp3) is 0.800. The Hall–Kier alpha value is -1.06. The van der Waals surface area contributed by atoms with Gasteiger partial charge in [-0.15, -0.1) is 0 Å². The van der Waals surface area contributed by atoms with E-state index in [0.29, 0.717) is 12.5 Å². The Morgan fingerprint density at radius 1 is 1.57 bits per heavy atom. The van der Waals surface area contributed by atoms with Crippen molar-refractivity contribution >= 4 is 11.9 Å². The first kappa shape index (κ1) is 11.0. The summed E-state index contributed by atoms with van der Waals surface area (Å²) in [6.07, 6.45) is 1.33. The average molecular weight is 199 g/mol. The molecule has 0 fully saturated rings. The molecule has 0 aromatic rings. The largest absolute Gasteiger partial charge is 0.464 e. The predicted molar refractivity (Wildman–Crippen MR) is 53.3 cm³/mol. The first-order valence-corrected chi connectivity index (χ1v) is 5.06. The van der Waals surface area contributed by atoms with Gasteiger partial charge in [0.2, 0.25) is 6.10 Å². The maximum atomic E-state index is 11.5. The van der Waals surface area contributed by atoms with Crippen molar-refractivity contribution in [2.45, 2.75) is 45.8 Å². The van der Waals surface area contributed by atoms with E-state index in [2.05, 4.69) is 11.9 Å². The number of ether oxygens (including phenoxy) is 2. The molecule has 0 radical (unpaired) electrons. The lowest BCUT2D eigenvalue weighted by Gasteiger charge is -2.14. The van der Waals surface area contributed by atoms with Gasteiger partial charge in [-0.3, -0.25) is 0 Å². The molecule has 1 heterocycles. The quantitative estimate of drug-likeness (QED) is 0.645. The van der Waals surface area contributed by atoms with Crippen LogP contribution in [0.4, 0.5) is 0 Å². The summed E-state index contributed by atoms with van der Waals surface area (Å²) in [7, 11) is 0. The Labute approximate surface area is 84.3 Å². The van der Waals surface area contributed by atoms with Crippen LogP contribution in [0.15, 0.2) is 4.99 Å². The minimum Gasteiger partial charge on any atom is -0.464 e. The van der Waals surface area contributed by atoms with E-state index in [0.717, 1.165) is 12.8 Å². The molecule has 0 bridgehead atoms. The van der Waals surface area contributed by atoms with Gasteiger partial charge in [0.15, 0.2) is 5.90 Å². The molecule has 0 spiro atoms. The number of carbonyl (C=O) groups is 1. The highest BCUT2D eigenvalue weighted by Gasteiger charge is 2.35. The monoisotopic (exact) mass is 199 g/mol. The van der Waals surface area contributed by atoms with Gasteiger partial charge in [0.1, 0.15) is 6.04 Å².